The fourth-order valence-corrected chi connectivity index (χ4v) is 1.68. The van der Waals surface area contributed by atoms with Crippen LogP contribution in [0.25, 0.3) is 0 Å². The summed E-state index contributed by atoms with van der Waals surface area (Å²) in [6.45, 7) is 8.61. The van der Waals surface area contributed by atoms with E-state index in [1.54, 1.807) is 0 Å². The molecule has 0 bridgehead atoms. The normalized spacial score (nSPS) is 20.4. The predicted molar refractivity (Wildman–Crippen MR) is 54.6 cm³/mol. The van der Waals surface area contributed by atoms with Gasteiger partial charge in [-0.1, -0.05) is 0 Å². The van der Waals surface area contributed by atoms with Crippen LogP contribution in [0.3, 0.4) is 0 Å². The van der Waals surface area contributed by atoms with Crippen molar-refractivity contribution in [1.29, 1.82) is 0 Å². The molecule has 0 aromatic carbocycles. The molecule has 0 saturated carbocycles. The summed E-state index contributed by atoms with van der Waals surface area (Å²) in [5, 5.41) is 7.05. The predicted octanol–water partition coefficient (Wildman–Crippen LogP) is 0.547. The van der Waals surface area contributed by atoms with Gasteiger partial charge in [-0.15, -0.1) is 0 Å². The van der Waals surface area contributed by atoms with Crippen LogP contribution >= 0.6 is 0 Å². The molecule has 1 aromatic rings. The van der Waals surface area contributed by atoms with Crippen LogP contribution in [0, 0.1) is 13.8 Å². The average Bonchev–Trinajstić information content (AvgIpc) is 2.56. The number of aromatic nitrogens is 2. The average molecular weight is 194 g/mol. The molecular weight excluding hydrogens is 179 g/mol. The zero-order valence-corrected chi connectivity index (χ0v) is 9.05. The van der Waals surface area contributed by atoms with E-state index in [0.29, 0.717) is 6.61 Å². The Labute approximate surface area is 84.1 Å². The van der Waals surface area contributed by atoms with E-state index in [0.717, 1.165) is 16.9 Å². The van der Waals surface area contributed by atoms with Gasteiger partial charge in [0.15, 0.2) is 0 Å². The minimum Gasteiger partial charge on any atom is -0.404 e. The third-order valence-electron chi connectivity index (χ3n) is 2.43. The lowest BCUT2D eigenvalue weighted by Crippen LogP contribution is -2.36. The van der Waals surface area contributed by atoms with Crippen LogP contribution in [-0.2, 0) is 9.31 Å². The van der Waals surface area contributed by atoms with Gasteiger partial charge in [0.05, 0.1) is 17.9 Å². The first kappa shape index (κ1) is 9.74. The van der Waals surface area contributed by atoms with Gasteiger partial charge in [0, 0.05) is 11.2 Å². The lowest BCUT2D eigenvalue weighted by Gasteiger charge is -2.15. The Kier molecular flexibility index (Phi) is 2.16. The molecule has 1 aliphatic rings. The van der Waals surface area contributed by atoms with Crippen molar-refractivity contribution in [3.63, 3.8) is 0 Å². The van der Waals surface area contributed by atoms with E-state index in [2.05, 4.69) is 10.2 Å². The quantitative estimate of drug-likeness (QED) is 0.664. The van der Waals surface area contributed by atoms with Crippen molar-refractivity contribution in [1.82, 2.24) is 10.2 Å². The zero-order chi connectivity index (χ0) is 10.3. The number of hydrogen-bond donors (Lipinski definition) is 1. The van der Waals surface area contributed by atoms with Crippen molar-refractivity contribution in [2.75, 3.05) is 6.61 Å². The number of rotatable bonds is 1. The van der Waals surface area contributed by atoms with Gasteiger partial charge in [-0.2, -0.15) is 5.10 Å². The number of H-pyrrole nitrogens is 1. The molecule has 0 atom stereocenters. The molecule has 1 aromatic heterocycles. The highest BCUT2D eigenvalue weighted by molar-refractivity contribution is 6.62. The van der Waals surface area contributed by atoms with Crippen molar-refractivity contribution < 1.29 is 9.31 Å². The first-order valence-corrected chi connectivity index (χ1v) is 4.80. The van der Waals surface area contributed by atoms with Crippen molar-refractivity contribution in [3.8, 4) is 0 Å². The summed E-state index contributed by atoms with van der Waals surface area (Å²) < 4.78 is 11.4. The molecule has 2 rings (SSSR count). The van der Waals surface area contributed by atoms with E-state index in [4.69, 9.17) is 9.31 Å². The van der Waals surface area contributed by atoms with E-state index in [1.807, 2.05) is 27.7 Å². The second kappa shape index (κ2) is 3.10. The molecule has 1 fully saturated rings. The molecular formula is C9H15BN2O2. The molecule has 4 nitrogen and oxygen atoms in total. The molecule has 76 valence electrons. The Morgan fingerprint density at radius 1 is 1.43 bits per heavy atom. The molecule has 1 N–H and O–H groups in total. The Morgan fingerprint density at radius 3 is 2.57 bits per heavy atom. The summed E-state index contributed by atoms with van der Waals surface area (Å²) in [5.41, 5.74) is 2.81. The van der Waals surface area contributed by atoms with E-state index < -0.39 is 0 Å². The zero-order valence-electron chi connectivity index (χ0n) is 9.05. The summed E-state index contributed by atoms with van der Waals surface area (Å²) in [5.74, 6) is 0. The van der Waals surface area contributed by atoms with Crippen LogP contribution in [0.15, 0.2) is 0 Å². The molecule has 0 aliphatic carbocycles. The SMILES string of the molecule is Cc1n[nH]c(C)c1B1OCC(C)(C)O1. The van der Waals surface area contributed by atoms with Gasteiger partial charge in [0.2, 0.25) is 0 Å². The van der Waals surface area contributed by atoms with Crippen molar-refractivity contribution in [2.24, 2.45) is 0 Å². The monoisotopic (exact) mass is 194 g/mol. The number of aryl methyl sites for hydroxylation is 2. The standard InChI is InChI=1S/C9H15BN2O2/c1-6-8(7(2)12-11-6)10-13-5-9(3,4)14-10/h5H2,1-4H3,(H,11,12). The van der Waals surface area contributed by atoms with Crippen LogP contribution in [0.4, 0.5) is 0 Å². The minimum absolute atomic E-state index is 0.194. The van der Waals surface area contributed by atoms with Crippen LogP contribution < -0.4 is 5.46 Å². The molecule has 1 aliphatic heterocycles. The van der Waals surface area contributed by atoms with E-state index in [-0.39, 0.29) is 12.7 Å². The lowest BCUT2D eigenvalue weighted by molar-refractivity contribution is 0.137. The van der Waals surface area contributed by atoms with Crippen molar-refractivity contribution in [2.45, 2.75) is 33.3 Å². The maximum atomic E-state index is 5.77. The van der Waals surface area contributed by atoms with Gasteiger partial charge in [0.25, 0.3) is 0 Å². The summed E-state index contributed by atoms with van der Waals surface area (Å²) in [6.07, 6.45) is 0. The summed E-state index contributed by atoms with van der Waals surface area (Å²) in [7, 11) is -0.260. The van der Waals surface area contributed by atoms with E-state index in [1.165, 1.54) is 0 Å². The van der Waals surface area contributed by atoms with Gasteiger partial charge < -0.3 is 9.31 Å². The molecule has 0 spiro atoms. The second-order valence-corrected chi connectivity index (χ2v) is 4.37. The molecule has 0 radical (unpaired) electrons. The van der Waals surface area contributed by atoms with Gasteiger partial charge in [-0.05, 0) is 27.7 Å². The van der Waals surface area contributed by atoms with Crippen molar-refractivity contribution >= 4 is 12.6 Å². The fraction of sp³-hybridized carbons (Fsp3) is 0.667. The molecule has 0 amide bonds. The molecule has 2 heterocycles. The van der Waals surface area contributed by atoms with Gasteiger partial charge >= 0.3 is 7.12 Å². The Bertz CT molecular complexity index is 329. The van der Waals surface area contributed by atoms with Gasteiger partial charge in [-0.25, -0.2) is 0 Å². The Morgan fingerprint density at radius 2 is 2.14 bits per heavy atom. The van der Waals surface area contributed by atoms with Crippen LogP contribution in [0.1, 0.15) is 25.2 Å². The van der Waals surface area contributed by atoms with E-state index >= 15 is 0 Å². The number of nitrogens with one attached hydrogen (secondary N) is 1. The highest BCUT2D eigenvalue weighted by Crippen LogP contribution is 2.20. The maximum absolute atomic E-state index is 5.77. The fourth-order valence-electron chi connectivity index (χ4n) is 1.68. The third kappa shape index (κ3) is 1.57. The first-order chi connectivity index (χ1) is 6.49. The number of aromatic amines is 1. The maximum Gasteiger partial charge on any atom is 0.498 e. The Balaban J connectivity index is 2.25. The van der Waals surface area contributed by atoms with E-state index in [9.17, 15) is 0 Å². The molecule has 0 unspecified atom stereocenters. The highest BCUT2D eigenvalue weighted by Gasteiger charge is 2.40. The third-order valence-corrected chi connectivity index (χ3v) is 2.43. The number of hydrogen-bond acceptors (Lipinski definition) is 3. The lowest BCUT2D eigenvalue weighted by atomic mass is 9.77. The second-order valence-electron chi connectivity index (χ2n) is 4.37. The molecule has 5 heteroatoms. The molecule has 14 heavy (non-hydrogen) atoms. The van der Waals surface area contributed by atoms with Crippen LogP contribution in [-0.4, -0.2) is 29.5 Å². The van der Waals surface area contributed by atoms with Gasteiger partial charge in [-0.3, -0.25) is 5.10 Å². The van der Waals surface area contributed by atoms with Crippen molar-refractivity contribution in [3.05, 3.63) is 11.4 Å². The first-order valence-electron chi connectivity index (χ1n) is 4.80. The Hall–Kier alpha value is -0.805. The summed E-state index contributed by atoms with van der Waals surface area (Å²) >= 11 is 0. The summed E-state index contributed by atoms with van der Waals surface area (Å²) in [4.78, 5) is 0. The molecule has 1 saturated heterocycles. The summed E-state index contributed by atoms with van der Waals surface area (Å²) in [6, 6.07) is 0. The van der Waals surface area contributed by atoms with Crippen LogP contribution in [0.2, 0.25) is 0 Å². The van der Waals surface area contributed by atoms with Crippen LogP contribution in [0.5, 0.6) is 0 Å². The van der Waals surface area contributed by atoms with Gasteiger partial charge in [0.1, 0.15) is 0 Å². The smallest absolute Gasteiger partial charge is 0.404 e. The minimum atomic E-state index is -0.260. The highest BCUT2D eigenvalue weighted by atomic mass is 16.7. The topological polar surface area (TPSA) is 47.1 Å². The number of nitrogens with zero attached hydrogens (tertiary/aromatic N) is 1. The largest absolute Gasteiger partial charge is 0.498 e.